The molecule has 1 saturated heterocycles. The lowest BCUT2D eigenvalue weighted by Crippen LogP contribution is -2.52. The van der Waals surface area contributed by atoms with E-state index in [1.807, 2.05) is 0 Å². The molecule has 1 heterocycles. The lowest BCUT2D eigenvalue weighted by molar-refractivity contribution is -0.0178. The van der Waals surface area contributed by atoms with Crippen molar-refractivity contribution in [3.63, 3.8) is 0 Å². The number of nitrogens with two attached hydrogens (primary N) is 1. The van der Waals surface area contributed by atoms with Crippen LogP contribution >= 0.6 is 0 Å². The van der Waals surface area contributed by atoms with Crippen LogP contribution in [-0.4, -0.2) is 18.2 Å². The maximum atomic E-state index is 5.75. The molecular weight excluding hydrogens is 152 g/mol. The van der Waals surface area contributed by atoms with Gasteiger partial charge in [-0.25, -0.2) is 0 Å². The van der Waals surface area contributed by atoms with E-state index in [1.165, 1.54) is 19.3 Å². The van der Waals surface area contributed by atoms with Gasteiger partial charge in [0.05, 0.1) is 11.6 Å². The molecule has 1 saturated carbocycles. The second-order valence-electron chi connectivity index (χ2n) is 4.25. The number of rotatable bonds is 3. The van der Waals surface area contributed by atoms with Crippen molar-refractivity contribution in [3.05, 3.63) is 0 Å². The highest BCUT2D eigenvalue weighted by Crippen LogP contribution is 2.41. The van der Waals surface area contributed by atoms with Gasteiger partial charge >= 0.3 is 0 Å². The molecule has 2 rings (SSSR count). The molecule has 2 atom stereocenters. The Bertz CT molecular complexity index is 162. The predicted octanol–water partition coefficient (Wildman–Crippen LogP) is 0.797. The summed E-state index contributed by atoms with van der Waals surface area (Å²) in [5.41, 5.74) is 2.93. The number of ether oxygens (including phenoxy) is 1. The maximum Gasteiger partial charge on any atom is 0.0823 e. The minimum absolute atomic E-state index is 0.00984. The fraction of sp³-hybridized carbons (Fsp3) is 1.00. The number of hydrogen-bond acceptors (Lipinski definition) is 3. The summed E-state index contributed by atoms with van der Waals surface area (Å²) in [7, 11) is 0. The first-order chi connectivity index (χ1) is 5.76. The van der Waals surface area contributed by atoms with E-state index in [9.17, 15) is 0 Å². The van der Waals surface area contributed by atoms with E-state index in [0.717, 1.165) is 18.9 Å². The van der Waals surface area contributed by atoms with E-state index in [2.05, 4.69) is 12.3 Å². The molecule has 0 spiro atoms. The van der Waals surface area contributed by atoms with Crippen molar-refractivity contribution < 1.29 is 4.74 Å². The molecule has 0 bridgehead atoms. The fourth-order valence-corrected chi connectivity index (χ4v) is 2.29. The van der Waals surface area contributed by atoms with Crippen molar-refractivity contribution in [2.45, 2.75) is 44.2 Å². The van der Waals surface area contributed by atoms with Crippen LogP contribution in [0.2, 0.25) is 0 Å². The Balaban J connectivity index is 2.02. The molecule has 12 heavy (non-hydrogen) atoms. The van der Waals surface area contributed by atoms with E-state index in [-0.39, 0.29) is 5.60 Å². The van der Waals surface area contributed by atoms with E-state index >= 15 is 0 Å². The average molecular weight is 170 g/mol. The monoisotopic (exact) mass is 170 g/mol. The normalized spacial score (nSPS) is 38.5. The van der Waals surface area contributed by atoms with Gasteiger partial charge in [-0.1, -0.05) is 0 Å². The molecule has 3 nitrogen and oxygen atoms in total. The number of hydrazine groups is 1. The van der Waals surface area contributed by atoms with E-state index in [4.69, 9.17) is 10.6 Å². The minimum atomic E-state index is 0.00984. The molecular formula is C9H18N2O. The first-order valence-electron chi connectivity index (χ1n) is 4.86. The number of nitrogens with one attached hydrogen (secondary N) is 1. The van der Waals surface area contributed by atoms with Crippen LogP contribution in [0, 0.1) is 5.92 Å². The van der Waals surface area contributed by atoms with Crippen LogP contribution in [0.1, 0.15) is 32.6 Å². The highest BCUT2D eigenvalue weighted by atomic mass is 16.5. The van der Waals surface area contributed by atoms with E-state index in [1.54, 1.807) is 0 Å². The Morgan fingerprint density at radius 2 is 2.33 bits per heavy atom. The fourth-order valence-electron chi connectivity index (χ4n) is 2.29. The SMILES string of the molecule is CC1(C(NN)C2CC2)CCCO1. The molecule has 0 radical (unpaired) electrons. The van der Waals surface area contributed by atoms with Crippen LogP contribution in [0.25, 0.3) is 0 Å². The van der Waals surface area contributed by atoms with Crippen LogP contribution < -0.4 is 11.3 Å². The molecule has 1 aliphatic heterocycles. The molecule has 2 unspecified atom stereocenters. The van der Waals surface area contributed by atoms with Crippen LogP contribution in [0.15, 0.2) is 0 Å². The summed E-state index contributed by atoms with van der Waals surface area (Å²) < 4.78 is 5.75. The summed E-state index contributed by atoms with van der Waals surface area (Å²) in [5.74, 6) is 6.31. The van der Waals surface area contributed by atoms with Gasteiger partial charge in [0.1, 0.15) is 0 Å². The van der Waals surface area contributed by atoms with E-state index in [0.29, 0.717) is 6.04 Å². The smallest absolute Gasteiger partial charge is 0.0823 e. The Labute approximate surface area is 73.6 Å². The van der Waals surface area contributed by atoms with Gasteiger partial charge in [-0.15, -0.1) is 0 Å². The van der Waals surface area contributed by atoms with E-state index < -0.39 is 0 Å². The Morgan fingerprint density at radius 3 is 2.75 bits per heavy atom. The summed E-state index contributed by atoms with van der Waals surface area (Å²) in [6, 6.07) is 0.375. The molecule has 2 aliphatic rings. The van der Waals surface area contributed by atoms with Crippen molar-refractivity contribution in [1.82, 2.24) is 5.43 Å². The van der Waals surface area contributed by atoms with Crippen LogP contribution in [0.3, 0.4) is 0 Å². The highest BCUT2D eigenvalue weighted by molar-refractivity contribution is 4.99. The van der Waals surface area contributed by atoms with Crippen molar-refractivity contribution >= 4 is 0 Å². The van der Waals surface area contributed by atoms with Gasteiger partial charge in [-0.05, 0) is 38.5 Å². The van der Waals surface area contributed by atoms with Gasteiger partial charge in [-0.2, -0.15) is 0 Å². The van der Waals surface area contributed by atoms with Crippen molar-refractivity contribution in [2.75, 3.05) is 6.61 Å². The third kappa shape index (κ3) is 1.37. The molecule has 1 aliphatic carbocycles. The largest absolute Gasteiger partial charge is 0.374 e. The molecule has 0 amide bonds. The average Bonchev–Trinajstić information content (AvgIpc) is 2.77. The Kier molecular flexibility index (Phi) is 2.10. The summed E-state index contributed by atoms with van der Waals surface area (Å²) in [6.07, 6.45) is 4.96. The second kappa shape index (κ2) is 2.98. The molecule has 3 N–H and O–H groups in total. The summed E-state index contributed by atoms with van der Waals surface area (Å²) in [6.45, 7) is 3.09. The quantitative estimate of drug-likeness (QED) is 0.486. The highest BCUT2D eigenvalue weighted by Gasteiger charge is 2.45. The lowest BCUT2D eigenvalue weighted by Gasteiger charge is -2.32. The third-order valence-electron chi connectivity index (χ3n) is 3.18. The zero-order valence-electron chi connectivity index (χ0n) is 7.68. The molecule has 0 aromatic rings. The van der Waals surface area contributed by atoms with Crippen LogP contribution in [-0.2, 0) is 4.74 Å². The second-order valence-corrected chi connectivity index (χ2v) is 4.25. The summed E-state index contributed by atoms with van der Waals surface area (Å²) in [5, 5.41) is 0. The van der Waals surface area contributed by atoms with Gasteiger partial charge in [0, 0.05) is 6.61 Å². The first kappa shape index (κ1) is 8.48. The van der Waals surface area contributed by atoms with Gasteiger partial charge in [0.2, 0.25) is 0 Å². The van der Waals surface area contributed by atoms with Gasteiger partial charge in [0.15, 0.2) is 0 Å². The zero-order chi connectivity index (χ0) is 8.60. The van der Waals surface area contributed by atoms with Crippen LogP contribution in [0.5, 0.6) is 0 Å². The molecule has 2 fully saturated rings. The topological polar surface area (TPSA) is 47.3 Å². The van der Waals surface area contributed by atoms with Crippen molar-refractivity contribution in [2.24, 2.45) is 11.8 Å². The summed E-state index contributed by atoms with van der Waals surface area (Å²) >= 11 is 0. The van der Waals surface area contributed by atoms with Crippen LogP contribution in [0.4, 0.5) is 0 Å². The lowest BCUT2D eigenvalue weighted by atomic mass is 9.90. The zero-order valence-corrected chi connectivity index (χ0v) is 7.68. The number of hydrogen-bond donors (Lipinski definition) is 2. The molecule has 70 valence electrons. The molecule has 0 aromatic heterocycles. The Hall–Kier alpha value is -0.120. The Morgan fingerprint density at radius 1 is 1.58 bits per heavy atom. The van der Waals surface area contributed by atoms with Gasteiger partial charge < -0.3 is 4.74 Å². The molecule has 3 heteroatoms. The predicted molar refractivity (Wildman–Crippen MR) is 47.4 cm³/mol. The van der Waals surface area contributed by atoms with Crippen molar-refractivity contribution in [1.29, 1.82) is 0 Å². The maximum absolute atomic E-state index is 5.75. The first-order valence-corrected chi connectivity index (χ1v) is 4.86. The molecule has 0 aromatic carbocycles. The van der Waals surface area contributed by atoms with Crippen molar-refractivity contribution in [3.8, 4) is 0 Å². The minimum Gasteiger partial charge on any atom is -0.374 e. The summed E-state index contributed by atoms with van der Waals surface area (Å²) in [4.78, 5) is 0. The standard InChI is InChI=1S/C9H18N2O/c1-9(5-2-6-12-9)8(11-10)7-3-4-7/h7-8,11H,2-6,10H2,1H3. The van der Waals surface area contributed by atoms with Gasteiger partial charge in [0.25, 0.3) is 0 Å². The third-order valence-corrected chi connectivity index (χ3v) is 3.18. The van der Waals surface area contributed by atoms with Gasteiger partial charge in [-0.3, -0.25) is 11.3 Å².